The van der Waals surface area contributed by atoms with Gasteiger partial charge in [0.15, 0.2) is 17.6 Å². The lowest BCUT2D eigenvalue weighted by atomic mass is 9.84. The van der Waals surface area contributed by atoms with Crippen LogP contribution in [0.3, 0.4) is 0 Å². The van der Waals surface area contributed by atoms with Crippen LogP contribution in [0.25, 0.3) is 0 Å². The molecule has 3 saturated heterocycles. The first-order valence-electron chi connectivity index (χ1n) is 12.7. The van der Waals surface area contributed by atoms with Gasteiger partial charge in [0.05, 0.1) is 23.7 Å². The maximum atomic E-state index is 13.4. The van der Waals surface area contributed by atoms with Crippen molar-refractivity contribution in [1.29, 1.82) is 0 Å². The fourth-order valence-electron chi connectivity index (χ4n) is 6.04. The van der Waals surface area contributed by atoms with Crippen LogP contribution in [0.1, 0.15) is 40.0 Å². The van der Waals surface area contributed by atoms with Crippen molar-refractivity contribution in [3.63, 3.8) is 0 Å². The summed E-state index contributed by atoms with van der Waals surface area (Å²) in [7, 11) is 0. The molecule has 0 aromatic heterocycles. The number of benzene rings is 1. The largest absolute Gasteiger partial charge is 0.370 e. The summed E-state index contributed by atoms with van der Waals surface area (Å²) in [5.74, 6) is -4.62. The summed E-state index contributed by atoms with van der Waals surface area (Å²) in [4.78, 5) is 63.7. The van der Waals surface area contributed by atoms with Crippen LogP contribution in [0.2, 0.25) is 0 Å². The molecule has 8 N–H and O–H groups in total. The molecule has 0 bridgehead atoms. The number of aliphatic hydroxyl groups is 2. The molecule has 15 heteroatoms. The van der Waals surface area contributed by atoms with E-state index in [9.17, 15) is 29.4 Å². The van der Waals surface area contributed by atoms with Gasteiger partial charge in [-0.15, -0.1) is 0 Å². The van der Waals surface area contributed by atoms with Crippen LogP contribution in [0, 0.1) is 0 Å². The molecule has 15 nitrogen and oxygen atoms in total. The molecule has 1 aromatic rings. The van der Waals surface area contributed by atoms with E-state index in [1.54, 1.807) is 23.1 Å². The van der Waals surface area contributed by atoms with Gasteiger partial charge < -0.3 is 42.1 Å². The minimum absolute atomic E-state index is 0.0795. The number of guanidine groups is 2. The number of nitrogens with zero attached hydrogens (tertiary/aromatic N) is 5. The number of hydrogen-bond donors (Lipinski definition) is 6. The average molecular weight is 540 g/mol. The van der Waals surface area contributed by atoms with Crippen molar-refractivity contribution in [2.75, 3.05) is 26.2 Å². The van der Waals surface area contributed by atoms with Crippen molar-refractivity contribution in [1.82, 2.24) is 25.3 Å². The molecule has 5 heterocycles. The van der Waals surface area contributed by atoms with E-state index in [-0.39, 0.29) is 66.7 Å². The van der Waals surface area contributed by atoms with Crippen LogP contribution in [-0.4, -0.2) is 116 Å². The molecule has 0 radical (unpaired) electrons. The molecular formula is C24H29N9O6. The highest BCUT2D eigenvalue weighted by atomic mass is 16.5. The van der Waals surface area contributed by atoms with Crippen LogP contribution in [0.15, 0.2) is 34.3 Å². The first-order chi connectivity index (χ1) is 18.5. The number of likely N-dealkylation sites (tertiary alicyclic amines) is 2. The highest BCUT2D eigenvalue weighted by Crippen LogP contribution is 2.45. The second-order valence-electron chi connectivity index (χ2n) is 10.4. The molecule has 5 aliphatic rings. The molecule has 3 fully saturated rings. The van der Waals surface area contributed by atoms with Gasteiger partial charge >= 0.3 is 0 Å². The summed E-state index contributed by atoms with van der Waals surface area (Å²) in [6, 6.07) is 3.00. The Morgan fingerprint density at radius 2 is 1.74 bits per heavy atom. The van der Waals surface area contributed by atoms with Gasteiger partial charge in [0.1, 0.15) is 12.1 Å². The third-order valence-corrected chi connectivity index (χ3v) is 8.18. The van der Waals surface area contributed by atoms with Gasteiger partial charge in [0.25, 0.3) is 11.8 Å². The van der Waals surface area contributed by atoms with Crippen molar-refractivity contribution in [3.8, 4) is 0 Å². The van der Waals surface area contributed by atoms with E-state index in [0.29, 0.717) is 13.1 Å². The average Bonchev–Trinajstić information content (AvgIpc) is 3.46. The number of hydrogen-bond acceptors (Lipinski definition) is 12. The zero-order valence-electron chi connectivity index (χ0n) is 20.9. The number of aliphatic imine (C=N–C) groups is 2. The lowest BCUT2D eigenvalue weighted by Gasteiger charge is -2.49. The zero-order valence-corrected chi connectivity index (χ0v) is 20.9. The smallest absolute Gasteiger partial charge is 0.254 e. The molecule has 0 saturated carbocycles. The van der Waals surface area contributed by atoms with Crippen LogP contribution in [-0.2, 0) is 9.59 Å². The number of carbonyl (C=O) groups excluding carboxylic acids is 4. The fourth-order valence-corrected chi connectivity index (χ4v) is 6.04. The van der Waals surface area contributed by atoms with Crippen molar-refractivity contribution in [2.45, 2.75) is 48.8 Å². The molecule has 0 aliphatic carbocycles. The van der Waals surface area contributed by atoms with E-state index in [2.05, 4.69) is 20.6 Å². The third kappa shape index (κ3) is 3.56. The van der Waals surface area contributed by atoms with Crippen LogP contribution < -0.4 is 22.1 Å². The van der Waals surface area contributed by atoms with E-state index < -0.39 is 35.5 Å². The van der Waals surface area contributed by atoms with Crippen molar-refractivity contribution in [2.24, 2.45) is 21.5 Å². The quantitative estimate of drug-likeness (QED) is 0.160. The Kier molecular flexibility index (Phi) is 5.55. The maximum absolute atomic E-state index is 13.4. The maximum Gasteiger partial charge on any atom is 0.254 e. The molecule has 1 spiro atoms. The van der Waals surface area contributed by atoms with Crippen LogP contribution in [0.5, 0.6) is 0 Å². The first kappa shape index (κ1) is 25.1. The summed E-state index contributed by atoms with van der Waals surface area (Å²) in [6.07, 6.45) is 1.05. The Balaban J connectivity index is 1.29. The Labute approximate surface area is 222 Å². The number of nitrogens with one attached hydrogen (secondary N) is 2. The second kappa shape index (κ2) is 8.64. The second-order valence-corrected chi connectivity index (χ2v) is 10.4. The summed E-state index contributed by atoms with van der Waals surface area (Å²) < 4.78 is 0. The van der Waals surface area contributed by atoms with E-state index in [1.165, 1.54) is 11.0 Å². The van der Waals surface area contributed by atoms with Gasteiger partial charge in [-0.05, 0) is 18.6 Å². The normalized spacial score (nSPS) is 30.7. The SMILES string of the molecule is NC1=NC2[C@H](CN3C(=O)CCC3=O)N=C(N)N3CC(NC(=O)c4ccccc4C(=O)N4CCC4)C(O)(O)C23N1. The molecule has 4 atom stereocenters. The highest BCUT2D eigenvalue weighted by Gasteiger charge is 2.73. The van der Waals surface area contributed by atoms with E-state index in [1.807, 2.05) is 0 Å². The Hall–Kier alpha value is -4.24. The molecule has 206 valence electrons. The lowest BCUT2D eigenvalue weighted by molar-refractivity contribution is -0.230. The molecular weight excluding hydrogens is 510 g/mol. The van der Waals surface area contributed by atoms with Gasteiger partial charge in [-0.3, -0.25) is 24.1 Å². The predicted octanol–water partition coefficient (Wildman–Crippen LogP) is -3.54. The molecule has 6 rings (SSSR count). The van der Waals surface area contributed by atoms with Crippen LogP contribution in [0.4, 0.5) is 0 Å². The Morgan fingerprint density at radius 1 is 1.08 bits per heavy atom. The third-order valence-electron chi connectivity index (χ3n) is 8.18. The van der Waals surface area contributed by atoms with Gasteiger partial charge in [-0.1, -0.05) is 12.1 Å². The molecule has 39 heavy (non-hydrogen) atoms. The Bertz CT molecular complexity index is 1320. The van der Waals surface area contributed by atoms with Crippen molar-refractivity contribution in [3.05, 3.63) is 35.4 Å². The number of carbonyl (C=O) groups is 4. The minimum Gasteiger partial charge on any atom is -0.370 e. The van der Waals surface area contributed by atoms with Crippen molar-refractivity contribution < 1.29 is 29.4 Å². The first-order valence-corrected chi connectivity index (χ1v) is 12.7. The zero-order chi connectivity index (χ0) is 27.7. The van der Waals surface area contributed by atoms with Crippen LogP contribution >= 0.6 is 0 Å². The summed E-state index contributed by atoms with van der Waals surface area (Å²) >= 11 is 0. The number of amides is 4. The van der Waals surface area contributed by atoms with Gasteiger partial charge in [-0.2, -0.15) is 0 Å². The highest BCUT2D eigenvalue weighted by molar-refractivity contribution is 6.07. The monoisotopic (exact) mass is 539 g/mol. The number of rotatable bonds is 5. The number of nitrogens with two attached hydrogens (primary N) is 2. The molecule has 3 unspecified atom stereocenters. The minimum atomic E-state index is -2.70. The van der Waals surface area contributed by atoms with E-state index >= 15 is 0 Å². The van der Waals surface area contributed by atoms with E-state index in [0.717, 1.165) is 11.3 Å². The molecule has 5 aliphatic heterocycles. The molecule has 4 amide bonds. The lowest BCUT2D eigenvalue weighted by Crippen LogP contribution is -2.78. The molecule has 1 aromatic carbocycles. The fraction of sp³-hybridized carbons (Fsp3) is 0.500. The Morgan fingerprint density at radius 3 is 2.38 bits per heavy atom. The number of imide groups is 1. The standard InChI is InChI=1S/C24H29N9O6/c25-21-29-18-14(10-32-16(34)6-7-17(32)35)27-22(26)33-11-15(24(38,39)23(18,33)30-21)28-19(36)12-4-1-2-5-13(12)20(37)31-8-3-9-31/h1-2,4-5,14-15,18,38-39H,3,6-11H2,(H2,26,27)(H,28,36)(H3,25,29,30)/t14-,15?,18?,23?/m0/s1. The van der Waals surface area contributed by atoms with Gasteiger partial charge in [0.2, 0.25) is 17.6 Å². The van der Waals surface area contributed by atoms with Gasteiger partial charge in [0, 0.05) is 32.5 Å². The van der Waals surface area contributed by atoms with Gasteiger partial charge in [-0.25, -0.2) is 9.98 Å². The summed E-state index contributed by atoms with van der Waals surface area (Å²) in [5, 5.41) is 28.7. The topological polar surface area (TPSA) is 219 Å². The van der Waals surface area contributed by atoms with E-state index in [4.69, 9.17) is 11.5 Å². The van der Waals surface area contributed by atoms with Crippen molar-refractivity contribution >= 4 is 35.5 Å². The predicted molar refractivity (Wildman–Crippen MR) is 135 cm³/mol. The summed E-state index contributed by atoms with van der Waals surface area (Å²) in [5.41, 5.74) is 10.7. The summed E-state index contributed by atoms with van der Waals surface area (Å²) in [6.45, 7) is 0.857.